The summed E-state index contributed by atoms with van der Waals surface area (Å²) >= 11 is 7.10. The summed E-state index contributed by atoms with van der Waals surface area (Å²) in [7, 11) is 0. The van der Waals surface area contributed by atoms with Crippen molar-refractivity contribution < 1.29 is 0 Å². The largest absolute Gasteiger partial charge is 0.355 e. The first-order chi connectivity index (χ1) is 8.65. The SMILES string of the molecule is Cc1ccc(C(C)NC(=S)Nc2ccccc2)s1. The maximum absolute atomic E-state index is 5.30. The smallest absolute Gasteiger partial charge is 0.171 e. The molecule has 2 aromatic rings. The summed E-state index contributed by atoms with van der Waals surface area (Å²) in [5.74, 6) is 0. The molecule has 0 spiro atoms. The molecule has 0 fully saturated rings. The molecule has 1 atom stereocenters. The Kier molecular flexibility index (Phi) is 4.33. The number of nitrogens with one attached hydrogen (secondary N) is 2. The van der Waals surface area contributed by atoms with E-state index in [-0.39, 0.29) is 6.04 Å². The van der Waals surface area contributed by atoms with Crippen LogP contribution in [0.15, 0.2) is 42.5 Å². The Morgan fingerprint density at radius 1 is 1.17 bits per heavy atom. The highest BCUT2D eigenvalue weighted by molar-refractivity contribution is 7.80. The standard InChI is InChI=1S/C14H16N2S2/c1-10-8-9-13(18-10)11(2)15-14(17)16-12-6-4-3-5-7-12/h3-9,11H,1-2H3,(H2,15,16,17). The number of hydrogen-bond donors (Lipinski definition) is 2. The van der Waals surface area contributed by atoms with Crippen LogP contribution in [0.5, 0.6) is 0 Å². The lowest BCUT2D eigenvalue weighted by molar-refractivity contribution is 0.737. The first-order valence-corrected chi connectivity index (χ1v) is 7.06. The second kappa shape index (κ2) is 5.98. The lowest BCUT2D eigenvalue weighted by Gasteiger charge is -2.15. The molecule has 0 aliphatic carbocycles. The predicted octanol–water partition coefficient (Wildman–Crippen LogP) is 4.10. The summed E-state index contributed by atoms with van der Waals surface area (Å²) in [5.41, 5.74) is 1.00. The van der Waals surface area contributed by atoms with E-state index in [2.05, 4.69) is 36.6 Å². The van der Waals surface area contributed by atoms with Crippen molar-refractivity contribution in [3.8, 4) is 0 Å². The van der Waals surface area contributed by atoms with Gasteiger partial charge in [-0.2, -0.15) is 0 Å². The molecule has 18 heavy (non-hydrogen) atoms. The molecule has 2 N–H and O–H groups in total. The van der Waals surface area contributed by atoms with Gasteiger partial charge in [-0.05, 0) is 50.3 Å². The van der Waals surface area contributed by atoms with Crippen LogP contribution < -0.4 is 10.6 Å². The Balaban J connectivity index is 1.92. The molecule has 0 saturated carbocycles. The van der Waals surface area contributed by atoms with Crippen molar-refractivity contribution >= 4 is 34.4 Å². The molecule has 0 bridgehead atoms. The Labute approximate surface area is 117 Å². The van der Waals surface area contributed by atoms with E-state index in [1.54, 1.807) is 11.3 Å². The molecular weight excluding hydrogens is 260 g/mol. The van der Waals surface area contributed by atoms with Crippen LogP contribution in [0.4, 0.5) is 5.69 Å². The van der Waals surface area contributed by atoms with Gasteiger partial charge in [0.1, 0.15) is 0 Å². The van der Waals surface area contributed by atoms with E-state index >= 15 is 0 Å². The van der Waals surface area contributed by atoms with Gasteiger partial charge in [0.25, 0.3) is 0 Å². The summed E-state index contributed by atoms with van der Waals surface area (Å²) in [4.78, 5) is 2.62. The highest BCUT2D eigenvalue weighted by Crippen LogP contribution is 2.22. The Bertz CT molecular complexity index is 520. The van der Waals surface area contributed by atoms with Crippen molar-refractivity contribution in [1.82, 2.24) is 5.32 Å². The van der Waals surface area contributed by atoms with Crippen molar-refractivity contribution in [2.75, 3.05) is 5.32 Å². The number of anilines is 1. The number of benzene rings is 1. The third kappa shape index (κ3) is 3.55. The van der Waals surface area contributed by atoms with E-state index in [1.165, 1.54) is 9.75 Å². The average molecular weight is 276 g/mol. The van der Waals surface area contributed by atoms with Gasteiger partial charge in [0, 0.05) is 15.4 Å². The third-order valence-electron chi connectivity index (χ3n) is 2.57. The molecule has 0 radical (unpaired) electrons. The molecular formula is C14H16N2S2. The van der Waals surface area contributed by atoms with Crippen LogP contribution in [0.1, 0.15) is 22.7 Å². The van der Waals surface area contributed by atoms with E-state index < -0.39 is 0 Å². The van der Waals surface area contributed by atoms with Crippen LogP contribution in [0, 0.1) is 6.92 Å². The highest BCUT2D eigenvalue weighted by Gasteiger charge is 2.08. The maximum atomic E-state index is 5.30. The van der Waals surface area contributed by atoms with Crippen molar-refractivity contribution in [2.45, 2.75) is 19.9 Å². The molecule has 1 unspecified atom stereocenters. The van der Waals surface area contributed by atoms with E-state index in [0.29, 0.717) is 5.11 Å². The van der Waals surface area contributed by atoms with Crippen LogP contribution in [0.3, 0.4) is 0 Å². The van der Waals surface area contributed by atoms with E-state index in [4.69, 9.17) is 12.2 Å². The number of hydrogen-bond acceptors (Lipinski definition) is 2. The van der Waals surface area contributed by atoms with Crippen LogP contribution >= 0.6 is 23.6 Å². The number of para-hydroxylation sites is 1. The average Bonchev–Trinajstić information content (AvgIpc) is 2.77. The van der Waals surface area contributed by atoms with Crippen molar-refractivity contribution in [2.24, 2.45) is 0 Å². The van der Waals surface area contributed by atoms with Crippen molar-refractivity contribution in [3.05, 3.63) is 52.2 Å². The van der Waals surface area contributed by atoms with Gasteiger partial charge in [0.15, 0.2) is 5.11 Å². The van der Waals surface area contributed by atoms with Crippen LogP contribution in [0.2, 0.25) is 0 Å². The van der Waals surface area contributed by atoms with Crippen LogP contribution in [-0.2, 0) is 0 Å². The maximum Gasteiger partial charge on any atom is 0.171 e. The number of thiophene rings is 1. The second-order valence-electron chi connectivity index (χ2n) is 4.13. The van der Waals surface area contributed by atoms with Gasteiger partial charge in [-0.3, -0.25) is 0 Å². The van der Waals surface area contributed by atoms with Gasteiger partial charge in [0.2, 0.25) is 0 Å². The van der Waals surface area contributed by atoms with Gasteiger partial charge in [0.05, 0.1) is 6.04 Å². The summed E-state index contributed by atoms with van der Waals surface area (Å²) in [5, 5.41) is 7.12. The van der Waals surface area contributed by atoms with Gasteiger partial charge >= 0.3 is 0 Å². The lowest BCUT2D eigenvalue weighted by Crippen LogP contribution is -2.30. The van der Waals surface area contributed by atoms with E-state index in [0.717, 1.165) is 5.69 Å². The van der Waals surface area contributed by atoms with E-state index in [1.807, 2.05) is 30.3 Å². The summed E-state index contributed by atoms with van der Waals surface area (Å²) < 4.78 is 0. The molecule has 0 saturated heterocycles. The Hall–Kier alpha value is -1.39. The molecule has 2 rings (SSSR count). The zero-order valence-electron chi connectivity index (χ0n) is 10.4. The summed E-state index contributed by atoms with van der Waals surface area (Å²) in [6, 6.07) is 14.4. The molecule has 0 aliphatic rings. The molecule has 0 aliphatic heterocycles. The van der Waals surface area contributed by atoms with Crippen molar-refractivity contribution in [3.63, 3.8) is 0 Å². The zero-order chi connectivity index (χ0) is 13.0. The number of thiocarbonyl (C=S) groups is 1. The van der Waals surface area contributed by atoms with E-state index in [9.17, 15) is 0 Å². The minimum atomic E-state index is 0.229. The van der Waals surface area contributed by atoms with Gasteiger partial charge in [-0.25, -0.2) is 0 Å². The number of aryl methyl sites for hydroxylation is 1. The normalized spacial score (nSPS) is 11.9. The van der Waals surface area contributed by atoms with Crippen LogP contribution in [0.25, 0.3) is 0 Å². The molecule has 1 heterocycles. The second-order valence-corrected chi connectivity index (χ2v) is 5.86. The molecule has 1 aromatic heterocycles. The third-order valence-corrected chi connectivity index (χ3v) is 3.97. The van der Waals surface area contributed by atoms with Gasteiger partial charge in [-0.15, -0.1) is 11.3 Å². The first kappa shape index (κ1) is 13.1. The summed E-state index contributed by atoms with van der Waals surface area (Å²) in [6.07, 6.45) is 0. The fraction of sp³-hybridized carbons (Fsp3) is 0.214. The molecule has 0 amide bonds. The Morgan fingerprint density at radius 2 is 1.89 bits per heavy atom. The summed E-state index contributed by atoms with van der Waals surface area (Å²) in [6.45, 7) is 4.23. The molecule has 1 aromatic carbocycles. The van der Waals surface area contributed by atoms with Crippen LogP contribution in [-0.4, -0.2) is 5.11 Å². The fourth-order valence-electron chi connectivity index (χ4n) is 1.64. The minimum Gasteiger partial charge on any atom is -0.355 e. The zero-order valence-corrected chi connectivity index (χ0v) is 12.1. The monoisotopic (exact) mass is 276 g/mol. The van der Waals surface area contributed by atoms with Gasteiger partial charge < -0.3 is 10.6 Å². The lowest BCUT2D eigenvalue weighted by atomic mass is 10.3. The predicted molar refractivity (Wildman–Crippen MR) is 83.3 cm³/mol. The topological polar surface area (TPSA) is 24.1 Å². The quantitative estimate of drug-likeness (QED) is 0.825. The number of rotatable bonds is 3. The first-order valence-electron chi connectivity index (χ1n) is 5.84. The van der Waals surface area contributed by atoms with Crippen molar-refractivity contribution in [1.29, 1.82) is 0 Å². The molecule has 2 nitrogen and oxygen atoms in total. The highest BCUT2D eigenvalue weighted by atomic mass is 32.1. The molecule has 94 valence electrons. The minimum absolute atomic E-state index is 0.229. The molecule has 4 heteroatoms. The van der Waals surface area contributed by atoms with Gasteiger partial charge in [-0.1, -0.05) is 18.2 Å². The fourth-order valence-corrected chi connectivity index (χ4v) is 2.82. The Morgan fingerprint density at radius 3 is 2.50 bits per heavy atom.